The van der Waals surface area contributed by atoms with Crippen molar-refractivity contribution in [1.29, 1.82) is 0 Å². The van der Waals surface area contributed by atoms with Gasteiger partial charge in [0.2, 0.25) is 0 Å². The molecule has 0 aliphatic carbocycles. The Morgan fingerprint density at radius 3 is 2.53 bits per heavy atom. The number of rotatable bonds is 4. The van der Waals surface area contributed by atoms with E-state index >= 15 is 0 Å². The lowest BCUT2D eigenvalue weighted by atomic mass is 10.0. The molecular formula is C11H15F2NO. The fourth-order valence-corrected chi connectivity index (χ4v) is 1.41. The average molecular weight is 215 g/mol. The number of benzene rings is 1. The molecule has 0 fully saturated rings. The molecule has 1 unspecified atom stereocenters. The number of aryl methyl sites for hydroxylation is 1. The van der Waals surface area contributed by atoms with Gasteiger partial charge < -0.3 is 10.5 Å². The van der Waals surface area contributed by atoms with E-state index in [0.29, 0.717) is 5.75 Å². The van der Waals surface area contributed by atoms with Gasteiger partial charge in [-0.15, -0.1) is 0 Å². The van der Waals surface area contributed by atoms with E-state index in [1.165, 1.54) is 0 Å². The second-order valence-corrected chi connectivity index (χ2v) is 3.51. The molecule has 0 amide bonds. The van der Waals surface area contributed by atoms with Crippen LogP contribution in [-0.4, -0.2) is 13.0 Å². The highest BCUT2D eigenvalue weighted by Crippen LogP contribution is 2.21. The van der Waals surface area contributed by atoms with Crippen molar-refractivity contribution in [3.05, 3.63) is 29.3 Å². The summed E-state index contributed by atoms with van der Waals surface area (Å²) in [7, 11) is 0. The Hall–Kier alpha value is -1.16. The van der Waals surface area contributed by atoms with Gasteiger partial charge in [0.05, 0.1) is 0 Å². The second kappa shape index (κ2) is 5.07. The Balaban J connectivity index is 2.73. The van der Waals surface area contributed by atoms with E-state index < -0.39 is 13.0 Å². The van der Waals surface area contributed by atoms with Gasteiger partial charge in [0.25, 0.3) is 6.43 Å². The number of hydrogen-bond donors (Lipinski definition) is 1. The highest BCUT2D eigenvalue weighted by atomic mass is 19.3. The van der Waals surface area contributed by atoms with E-state index in [1.807, 2.05) is 13.8 Å². The molecule has 2 N–H and O–H groups in total. The van der Waals surface area contributed by atoms with Crippen molar-refractivity contribution in [2.45, 2.75) is 26.3 Å². The zero-order valence-corrected chi connectivity index (χ0v) is 8.84. The predicted molar refractivity (Wildman–Crippen MR) is 55.3 cm³/mol. The Morgan fingerprint density at radius 2 is 2.07 bits per heavy atom. The highest BCUT2D eigenvalue weighted by molar-refractivity contribution is 5.36. The van der Waals surface area contributed by atoms with Gasteiger partial charge in [0, 0.05) is 6.04 Å². The fourth-order valence-electron chi connectivity index (χ4n) is 1.41. The molecule has 4 heteroatoms. The van der Waals surface area contributed by atoms with Crippen molar-refractivity contribution in [2.24, 2.45) is 5.73 Å². The maximum Gasteiger partial charge on any atom is 0.272 e. The smallest absolute Gasteiger partial charge is 0.272 e. The summed E-state index contributed by atoms with van der Waals surface area (Å²) < 4.78 is 28.7. The highest BCUT2D eigenvalue weighted by Gasteiger charge is 2.07. The van der Waals surface area contributed by atoms with E-state index in [2.05, 4.69) is 0 Å². The van der Waals surface area contributed by atoms with Gasteiger partial charge in [-0.25, -0.2) is 8.78 Å². The number of alkyl halides is 2. The van der Waals surface area contributed by atoms with Crippen LogP contribution in [0.1, 0.15) is 24.1 Å². The van der Waals surface area contributed by atoms with Crippen LogP contribution in [0.2, 0.25) is 0 Å². The molecule has 2 nitrogen and oxygen atoms in total. The number of nitrogens with two attached hydrogens (primary N) is 1. The molecule has 84 valence electrons. The van der Waals surface area contributed by atoms with Crippen LogP contribution in [0.15, 0.2) is 18.2 Å². The largest absolute Gasteiger partial charge is 0.488 e. The third-order valence-corrected chi connectivity index (χ3v) is 2.11. The van der Waals surface area contributed by atoms with Crippen molar-refractivity contribution in [3.8, 4) is 5.75 Å². The van der Waals surface area contributed by atoms with Crippen molar-refractivity contribution in [3.63, 3.8) is 0 Å². The second-order valence-electron chi connectivity index (χ2n) is 3.51. The molecule has 0 spiro atoms. The maximum absolute atomic E-state index is 11.9. The Morgan fingerprint density at radius 1 is 1.40 bits per heavy atom. The molecule has 1 aromatic rings. The summed E-state index contributed by atoms with van der Waals surface area (Å²) in [5, 5.41) is 0. The molecule has 0 aliphatic heterocycles. The standard InChI is InChI=1S/C11H15F2NO/c1-7-5-9(15-6-11(12)13)3-4-10(7)8(2)14/h3-5,8,11H,6,14H2,1-2H3. The number of ether oxygens (including phenoxy) is 1. The van der Waals surface area contributed by atoms with Crippen LogP contribution in [0.5, 0.6) is 5.75 Å². The Bertz CT molecular complexity index is 326. The number of halogens is 2. The number of hydrogen-bond acceptors (Lipinski definition) is 2. The molecule has 1 aromatic carbocycles. The monoisotopic (exact) mass is 215 g/mol. The third-order valence-electron chi connectivity index (χ3n) is 2.11. The molecule has 15 heavy (non-hydrogen) atoms. The molecular weight excluding hydrogens is 200 g/mol. The summed E-state index contributed by atoms with van der Waals surface area (Å²) in [5.41, 5.74) is 7.68. The summed E-state index contributed by atoms with van der Waals surface area (Å²) in [6, 6.07) is 5.13. The minimum atomic E-state index is -2.45. The molecule has 1 atom stereocenters. The van der Waals surface area contributed by atoms with Gasteiger partial charge in [0.1, 0.15) is 12.4 Å². The first kappa shape index (κ1) is 11.9. The van der Waals surface area contributed by atoms with Gasteiger partial charge in [0.15, 0.2) is 0 Å². The molecule has 0 radical (unpaired) electrons. The molecule has 0 aromatic heterocycles. The molecule has 0 heterocycles. The van der Waals surface area contributed by atoms with Crippen LogP contribution in [0.4, 0.5) is 8.78 Å². The van der Waals surface area contributed by atoms with E-state index in [-0.39, 0.29) is 6.04 Å². The van der Waals surface area contributed by atoms with E-state index in [1.54, 1.807) is 18.2 Å². The van der Waals surface area contributed by atoms with Crippen LogP contribution < -0.4 is 10.5 Å². The molecule has 0 aliphatic rings. The first-order chi connectivity index (χ1) is 7.00. The quantitative estimate of drug-likeness (QED) is 0.838. The van der Waals surface area contributed by atoms with Crippen molar-refractivity contribution < 1.29 is 13.5 Å². The summed E-state index contributed by atoms with van der Waals surface area (Å²) >= 11 is 0. The molecule has 0 saturated carbocycles. The molecule has 1 rings (SSSR count). The minimum absolute atomic E-state index is 0.0610. The maximum atomic E-state index is 11.9. The Kier molecular flexibility index (Phi) is 4.03. The van der Waals surface area contributed by atoms with Gasteiger partial charge in [-0.05, 0) is 37.1 Å². The lowest BCUT2D eigenvalue weighted by molar-refractivity contribution is 0.0818. The van der Waals surface area contributed by atoms with Crippen LogP contribution in [0.25, 0.3) is 0 Å². The normalized spacial score (nSPS) is 12.9. The Labute approximate surface area is 88.0 Å². The lowest BCUT2D eigenvalue weighted by Gasteiger charge is -2.12. The summed E-state index contributed by atoms with van der Waals surface area (Å²) in [6.45, 7) is 3.19. The first-order valence-corrected chi connectivity index (χ1v) is 4.77. The van der Waals surface area contributed by atoms with Gasteiger partial charge in [-0.3, -0.25) is 0 Å². The zero-order chi connectivity index (χ0) is 11.4. The van der Waals surface area contributed by atoms with Crippen LogP contribution in [0, 0.1) is 6.92 Å². The third kappa shape index (κ3) is 3.47. The topological polar surface area (TPSA) is 35.2 Å². The van der Waals surface area contributed by atoms with Crippen molar-refractivity contribution in [1.82, 2.24) is 0 Å². The van der Waals surface area contributed by atoms with E-state index in [4.69, 9.17) is 10.5 Å². The average Bonchev–Trinajstić information content (AvgIpc) is 2.14. The first-order valence-electron chi connectivity index (χ1n) is 4.77. The van der Waals surface area contributed by atoms with Crippen LogP contribution in [-0.2, 0) is 0 Å². The molecule has 0 bridgehead atoms. The van der Waals surface area contributed by atoms with Gasteiger partial charge in [-0.1, -0.05) is 6.07 Å². The minimum Gasteiger partial charge on any atom is -0.488 e. The van der Waals surface area contributed by atoms with Gasteiger partial charge in [-0.2, -0.15) is 0 Å². The summed E-state index contributed by atoms with van der Waals surface area (Å²) in [4.78, 5) is 0. The molecule has 0 saturated heterocycles. The van der Waals surface area contributed by atoms with Crippen molar-refractivity contribution >= 4 is 0 Å². The SMILES string of the molecule is Cc1cc(OCC(F)F)ccc1C(C)N. The lowest BCUT2D eigenvalue weighted by Crippen LogP contribution is -2.09. The van der Waals surface area contributed by atoms with E-state index in [9.17, 15) is 8.78 Å². The fraction of sp³-hybridized carbons (Fsp3) is 0.455. The van der Waals surface area contributed by atoms with Crippen molar-refractivity contribution in [2.75, 3.05) is 6.61 Å². The van der Waals surface area contributed by atoms with E-state index in [0.717, 1.165) is 11.1 Å². The summed E-state index contributed by atoms with van der Waals surface area (Å²) in [5.74, 6) is 0.456. The summed E-state index contributed by atoms with van der Waals surface area (Å²) in [6.07, 6.45) is -2.45. The van der Waals surface area contributed by atoms with Crippen LogP contribution >= 0.6 is 0 Å². The van der Waals surface area contributed by atoms with Crippen LogP contribution in [0.3, 0.4) is 0 Å². The zero-order valence-electron chi connectivity index (χ0n) is 8.84. The van der Waals surface area contributed by atoms with Gasteiger partial charge >= 0.3 is 0 Å². The predicted octanol–water partition coefficient (Wildman–Crippen LogP) is 2.66.